The Labute approximate surface area is 877 Å². The molecule has 144 heavy (non-hydrogen) atoms. The zero-order valence-electron chi connectivity index (χ0n) is 96.6. The van der Waals surface area contributed by atoms with E-state index in [1.807, 2.05) is 74.9 Å². The highest BCUT2D eigenvalue weighted by Crippen LogP contribution is 2.50. The number of carbonyl (C=O) groups is 2. The van der Waals surface area contributed by atoms with Crippen molar-refractivity contribution in [2.45, 2.75) is 501 Å². The number of cyclic esters (lactones) is 2. The first-order chi connectivity index (χ1) is 67.3. The van der Waals surface area contributed by atoms with Gasteiger partial charge in [-0.05, 0) is 213 Å². The van der Waals surface area contributed by atoms with E-state index >= 15 is 9.59 Å². The number of hydrogen-bond acceptors (Lipinski definition) is 22. The molecule has 26 heteroatoms. The minimum atomic E-state index is -2.54. The molecule has 820 valence electrons. The van der Waals surface area contributed by atoms with Gasteiger partial charge in [-0.25, -0.2) is 9.59 Å². The summed E-state index contributed by atoms with van der Waals surface area (Å²) in [5.74, 6) is -1.24. The lowest BCUT2D eigenvalue weighted by atomic mass is 9.78. The number of ether oxygens (including phenoxy) is 16. The second kappa shape index (κ2) is 54.4. The van der Waals surface area contributed by atoms with E-state index in [0.717, 1.165) is 73.6 Å². The van der Waals surface area contributed by atoms with Gasteiger partial charge in [-0.2, -0.15) is 0 Å². The van der Waals surface area contributed by atoms with E-state index < -0.39 is 106 Å². The SMILES string of the molecule is COc1ccc([C@@H]2O[C@H]3C[C@@H](O2)[C@H](C)[C@@H]([C@@H](C)[C@@H](O[Si](C)(C)C(C)(C)C)[C@@H](C)CC[C@H]2C[C@H](OC)C[C@H](C)O2)OC(=O)/C=C/C(C)=C/C[C@H](O[Si](C)(C)C(C)(C)C)C[C@@H]2C=CC[C@@H](C[C@H](OC)[C@@H](C)[C@@H]4C[C@@H](O[C@H](c5ccc(OC)cc5)O4)[C@H](C)[C@@H]([C@@H](C)[C@@H](O[Si](C)(C)C(C)(C)C)[C@@H](C)CC[C@H]4C[C@H](OC)C[C@H](C)O4)OC(=O)/C=C/C(C)=C/C[C@H](O[Si](C)(C)C(C)(C)C)C[C@@H]4C=CC[C@@H](C[C@H](OC)[C@H]3C)O4)O2)cc1. The van der Waals surface area contributed by atoms with Crippen molar-refractivity contribution in [3.05, 3.63) is 132 Å². The Morgan fingerprint density at radius 1 is 0.368 bits per heavy atom. The van der Waals surface area contributed by atoms with E-state index in [1.165, 1.54) is 0 Å². The molecule has 4 saturated heterocycles. The number of methoxy groups -OCH3 is 6. The molecule has 0 aromatic heterocycles. The quantitative estimate of drug-likeness (QED) is 0.0439. The maximum absolute atomic E-state index is 15.5. The van der Waals surface area contributed by atoms with Crippen LogP contribution in [0.3, 0.4) is 0 Å². The fourth-order valence-electron chi connectivity index (χ4n) is 21.3. The van der Waals surface area contributed by atoms with Gasteiger partial charge in [-0.1, -0.05) is 222 Å². The van der Waals surface area contributed by atoms with Crippen LogP contribution in [-0.2, 0) is 93.6 Å². The van der Waals surface area contributed by atoms with E-state index in [2.05, 4.69) is 255 Å². The molecule has 0 aliphatic carbocycles. The summed E-state index contributed by atoms with van der Waals surface area (Å²) in [6.07, 6.45) is 25.8. The fourth-order valence-corrected chi connectivity index (χ4v) is 27.1. The first kappa shape index (κ1) is 123. The molecule has 2 aromatic carbocycles. The molecule has 32 atom stereocenters. The fraction of sp³-hybridized carbons (Fsp3) is 0.780. The van der Waals surface area contributed by atoms with Crippen LogP contribution in [0.5, 0.6) is 11.5 Å². The number of hydrogen-bond donors (Lipinski definition) is 0. The molecule has 8 bridgehead atoms. The van der Waals surface area contributed by atoms with Crippen LogP contribution in [0.25, 0.3) is 0 Å². The van der Waals surface area contributed by atoms with Gasteiger partial charge in [0.1, 0.15) is 23.7 Å². The topological polar surface area (TPSA) is 219 Å². The predicted molar refractivity (Wildman–Crippen MR) is 589 cm³/mol. The molecule has 7 heterocycles. The van der Waals surface area contributed by atoms with Crippen molar-refractivity contribution >= 4 is 45.2 Å². The molecule has 0 unspecified atom stereocenters. The van der Waals surface area contributed by atoms with Crippen molar-refractivity contribution in [1.29, 1.82) is 0 Å². The van der Waals surface area contributed by atoms with Gasteiger partial charge < -0.3 is 93.5 Å². The van der Waals surface area contributed by atoms with Gasteiger partial charge in [0.05, 0.1) is 136 Å². The zero-order valence-corrected chi connectivity index (χ0v) is 101. The third-order valence-electron chi connectivity index (χ3n) is 35.0. The summed E-state index contributed by atoms with van der Waals surface area (Å²) >= 11 is 0. The van der Waals surface area contributed by atoms with E-state index in [0.29, 0.717) is 75.7 Å². The molecule has 0 spiro atoms. The highest BCUT2D eigenvalue weighted by Gasteiger charge is 2.53. The van der Waals surface area contributed by atoms with Crippen molar-refractivity contribution in [3.63, 3.8) is 0 Å². The molecular formula is C118H200O22Si4. The highest BCUT2D eigenvalue weighted by molar-refractivity contribution is 6.75. The van der Waals surface area contributed by atoms with Crippen LogP contribution in [-0.4, -0.2) is 222 Å². The van der Waals surface area contributed by atoms with E-state index in [4.69, 9.17) is 93.5 Å². The number of benzene rings is 2. The Hall–Kier alpha value is -4.35. The average molecular weight is 2080 g/mol. The first-order valence-corrected chi connectivity index (χ1v) is 66.7. The monoisotopic (exact) mass is 2080 g/mol. The molecule has 0 amide bonds. The number of allylic oxidation sites excluding steroid dienone is 4. The smallest absolute Gasteiger partial charge is 0.331 e. The first-order valence-electron chi connectivity index (χ1n) is 55.1. The van der Waals surface area contributed by atoms with Gasteiger partial charge in [0.2, 0.25) is 0 Å². The largest absolute Gasteiger partial charge is 0.497 e. The Balaban J connectivity index is 1.14. The summed E-state index contributed by atoms with van der Waals surface area (Å²) in [7, 11) is 0.680. The van der Waals surface area contributed by atoms with Crippen LogP contribution in [0.1, 0.15) is 305 Å². The second-order valence-electron chi connectivity index (χ2n) is 50.4. The molecule has 7 aliphatic heterocycles. The lowest BCUT2D eigenvalue weighted by Gasteiger charge is -2.47. The number of esters is 2. The highest BCUT2D eigenvalue weighted by atomic mass is 28.4. The van der Waals surface area contributed by atoms with Crippen LogP contribution in [0.15, 0.2) is 120 Å². The van der Waals surface area contributed by atoms with Gasteiger partial charge in [-0.3, -0.25) is 0 Å². The molecule has 0 saturated carbocycles. The van der Waals surface area contributed by atoms with Gasteiger partial charge >= 0.3 is 11.9 Å². The van der Waals surface area contributed by atoms with Gasteiger partial charge in [-0.15, -0.1) is 0 Å². The van der Waals surface area contributed by atoms with Gasteiger partial charge in [0.25, 0.3) is 0 Å². The van der Waals surface area contributed by atoms with E-state index in [9.17, 15) is 0 Å². The Morgan fingerprint density at radius 2 is 0.694 bits per heavy atom. The van der Waals surface area contributed by atoms with Crippen LogP contribution in [0.2, 0.25) is 72.5 Å². The summed E-state index contributed by atoms with van der Waals surface area (Å²) in [5, 5.41) is -0.470. The molecule has 9 rings (SSSR count). The maximum atomic E-state index is 15.5. The minimum absolute atomic E-state index is 0.0264. The standard InChI is InChI=1S/C118H200O22Si4/c1-75-45-55-97(137-141(31,32)115(13,14)15)67-91-41-39-43-93(129-91)71-101(125-29)81(7)104-74-106(134-114(132-104)88-53-61-90(122-26)62-54-88)84(10)112(86(12)110(140-144(37,38)118(22,23)24)78(4)50-58-96-70-100(124-28)66-80(6)128-96)136-108(120)64-48-76(2)46-56-98(138-142(33,34)116(16,17)18)68-92-42-40-44-94(130-92)72-102(126-30)82(8)103-73-105(133-113(131-103)87-51-59-89(121-25)60-52-87)83(9)111(135-107(119)63-47-75)85(11)109(139-143(35,36)117(19,20)21)77(3)49-57-95-69-99(123-27)65-79(5)127-95/h39-42,45-48,51-54,59-64,77-86,91-106,109-114H,43-44,49-50,55-58,65-74H2,1-38H3/b63-47+,64-48+,75-45+,76-46+/t77-,78-,79-,80-,81+,82+,83-,84-,85-,86-,91-,92-,93-,94-,95-,96-,97-,98-,99+,100+,101-,102-,103-,104-,105+,106+,109-,110-,111-,112-,113+,114+/m0/s1. The van der Waals surface area contributed by atoms with Crippen molar-refractivity contribution in [1.82, 2.24) is 0 Å². The maximum Gasteiger partial charge on any atom is 0.331 e. The minimum Gasteiger partial charge on any atom is -0.497 e. The number of fused-ring (bicyclic) bond motifs is 8. The van der Waals surface area contributed by atoms with Crippen LogP contribution in [0.4, 0.5) is 0 Å². The zero-order chi connectivity index (χ0) is 107. The van der Waals surface area contributed by atoms with Crippen molar-refractivity contribution in [3.8, 4) is 11.5 Å². The Morgan fingerprint density at radius 3 is 1.00 bits per heavy atom. The summed E-state index contributed by atoms with van der Waals surface area (Å²) in [6, 6.07) is 15.9. The summed E-state index contributed by atoms with van der Waals surface area (Å²) in [5.41, 5.74) is 3.47. The molecular weight excluding hydrogens is 1880 g/mol. The van der Waals surface area contributed by atoms with E-state index in [1.54, 1.807) is 40.6 Å². The van der Waals surface area contributed by atoms with E-state index in [-0.39, 0.29) is 153 Å². The normalized spacial score (nSPS) is 34.5. The summed E-state index contributed by atoms with van der Waals surface area (Å²) in [6.45, 7) is 72.4. The Kier molecular flexibility index (Phi) is 46.6. The molecule has 7 aliphatic rings. The average Bonchev–Trinajstić information content (AvgIpc) is 0.785. The summed E-state index contributed by atoms with van der Waals surface area (Å²) < 4.78 is 139. The molecule has 0 radical (unpaired) electrons. The molecule has 0 N–H and O–H groups in total. The van der Waals surface area contributed by atoms with Crippen LogP contribution in [0, 0.1) is 47.3 Å². The van der Waals surface area contributed by atoms with Gasteiger partial charge in [0.15, 0.2) is 45.8 Å². The lowest BCUT2D eigenvalue weighted by Crippen LogP contribution is -2.53. The molecule has 4 fully saturated rings. The third kappa shape index (κ3) is 35.3. The van der Waals surface area contributed by atoms with Crippen molar-refractivity contribution < 1.29 is 103 Å². The molecule has 22 nitrogen and oxygen atoms in total. The number of carbonyl (C=O) groups excluding carboxylic acids is 2. The Bertz CT molecular complexity index is 4110. The van der Waals surface area contributed by atoms with Crippen molar-refractivity contribution in [2.24, 2.45) is 47.3 Å². The predicted octanol–water partition coefficient (Wildman–Crippen LogP) is 27.8. The van der Waals surface area contributed by atoms with Crippen LogP contribution < -0.4 is 9.47 Å². The van der Waals surface area contributed by atoms with Crippen molar-refractivity contribution in [2.75, 3.05) is 42.7 Å². The summed E-state index contributed by atoms with van der Waals surface area (Å²) in [4.78, 5) is 31.0. The second-order valence-corrected chi connectivity index (χ2v) is 69.4. The lowest BCUT2D eigenvalue weighted by molar-refractivity contribution is -0.279. The third-order valence-corrected chi connectivity index (χ3v) is 53.0. The van der Waals surface area contributed by atoms with Crippen LogP contribution >= 0.6 is 0 Å². The van der Waals surface area contributed by atoms with Gasteiger partial charge in [0, 0.05) is 126 Å². The number of rotatable bonds is 28. The molecule has 2 aromatic rings.